The summed E-state index contributed by atoms with van der Waals surface area (Å²) in [6, 6.07) is 23.4. The highest BCUT2D eigenvalue weighted by Crippen LogP contribution is 2.40. The van der Waals surface area contributed by atoms with Crippen LogP contribution in [0.25, 0.3) is 0 Å². The van der Waals surface area contributed by atoms with E-state index >= 15 is 0 Å². The predicted molar refractivity (Wildman–Crippen MR) is 184 cm³/mol. The number of rotatable bonds is 11. The minimum absolute atomic E-state index is 0.138. The van der Waals surface area contributed by atoms with Gasteiger partial charge in [-0.2, -0.15) is 0 Å². The minimum Gasteiger partial charge on any atom is -0.507 e. The fourth-order valence-corrected chi connectivity index (χ4v) is 5.32. The Balaban J connectivity index is 1.85. The average molecular weight is 569 g/mol. The molecule has 0 bridgehead atoms. The van der Waals surface area contributed by atoms with Gasteiger partial charge in [0.2, 0.25) is 0 Å². The van der Waals surface area contributed by atoms with Crippen LogP contribution in [0.15, 0.2) is 79.0 Å². The highest BCUT2D eigenvalue weighted by atomic mass is 16.3. The number of hydrogen-bond acceptors (Lipinski definition) is 3. The summed E-state index contributed by atoms with van der Waals surface area (Å²) in [5, 5.41) is 14.7. The lowest BCUT2D eigenvalue weighted by molar-refractivity contribution is 0.331. The maximum absolute atomic E-state index is 11.2. The van der Waals surface area contributed by atoms with E-state index in [1.165, 1.54) is 24.1 Å². The first-order valence-corrected chi connectivity index (χ1v) is 15.7. The Kier molecular flexibility index (Phi) is 10.6. The Morgan fingerprint density at radius 1 is 0.810 bits per heavy atom. The lowest BCUT2D eigenvalue weighted by Gasteiger charge is -2.32. The van der Waals surface area contributed by atoms with Crippen molar-refractivity contribution < 1.29 is 5.11 Å². The lowest BCUT2D eigenvalue weighted by Crippen LogP contribution is -2.28. The molecule has 0 aliphatic heterocycles. The number of nitrogens with zero attached hydrogens (tertiary/aromatic N) is 1. The van der Waals surface area contributed by atoms with Crippen LogP contribution in [0.2, 0.25) is 0 Å². The zero-order chi connectivity index (χ0) is 31.3. The summed E-state index contributed by atoms with van der Waals surface area (Å²) in [5.41, 5.74) is 7.81. The van der Waals surface area contributed by atoms with Crippen LogP contribution in [-0.4, -0.2) is 11.7 Å². The molecular weight excluding hydrogens is 512 g/mol. The van der Waals surface area contributed by atoms with Crippen LogP contribution in [0.5, 0.6) is 5.75 Å². The fourth-order valence-electron chi connectivity index (χ4n) is 5.32. The molecule has 1 atom stereocenters. The van der Waals surface area contributed by atoms with Crippen molar-refractivity contribution in [2.45, 2.75) is 106 Å². The van der Waals surface area contributed by atoms with E-state index in [9.17, 15) is 5.11 Å². The monoisotopic (exact) mass is 568 g/mol. The van der Waals surface area contributed by atoms with Crippen LogP contribution in [0.1, 0.15) is 105 Å². The average Bonchev–Trinajstić information content (AvgIpc) is 2.89. The Hall–Kier alpha value is -3.20. The fraction of sp³-hybridized carbons (Fsp3) is 0.487. The van der Waals surface area contributed by atoms with Gasteiger partial charge in [-0.15, -0.1) is 0 Å². The number of aryl methyl sites for hydroxylation is 1. The van der Waals surface area contributed by atoms with Gasteiger partial charge in [0.15, 0.2) is 0 Å². The number of anilines is 3. The molecule has 0 saturated heterocycles. The first-order valence-electron chi connectivity index (χ1n) is 15.7. The van der Waals surface area contributed by atoms with Crippen molar-refractivity contribution in [1.82, 2.24) is 0 Å². The molecule has 0 fully saturated rings. The van der Waals surface area contributed by atoms with E-state index in [1.54, 1.807) is 0 Å². The standard InChI is InChI=1S/C39H56N2O/c1-28(23-24-37(3,4)5)27-41(33-21-19-32(20-22-33)40-31-15-13-12-14-16-31)29(2)17-18-30-25-34(38(6,7)8)36(42)35(26-30)39(9,10)11/h12-16,19-22,25-26,28,40,42H,2,17-18,23-24,27H2,1,3-11H3. The minimum atomic E-state index is -0.138. The van der Waals surface area contributed by atoms with E-state index in [0.717, 1.165) is 47.6 Å². The highest BCUT2D eigenvalue weighted by molar-refractivity contribution is 5.64. The third-order valence-electron chi connectivity index (χ3n) is 7.99. The molecule has 0 amide bonds. The summed E-state index contributed by atoms with van der Waals surface area (Å²) in [5.74, 6) is 0.979. The summed E-state index contributed by atoms with van der Waals surface area (Å²) >= 11 is 0. The molecule has 0 aliphatic rings. The van der Waals surface area contributed by atoms with Gasteiger partial charge in [0.1, 0.15) is 5.75 Å². The first-order chi connectivity index (χ1) is 19.4. The van der Waals surface area contributed by atoms with E-state index in [2.05, 4.69) is 135 Å². The third-order valence-corrected chi connectivity index (χ3v) is 7.99. The molecule has 3 aromatic rings. The number of aromatic hydroxyl groups is 1. The quantitative estimate of drug-likeness (QED) is 0.241. The van der Waals surface area contributed by atoms with Crippen molar-refractivity contribution in [2.75, 3.05) is 16.8 Å². The van der Waals surface area contributed by atoms with E-state index < -0.39 is 0 Å². The smallest absolute Gasteiger partial charge is 0.123 e. The lowest BCUT2D eigenvalue weighted by atomic mass is 9.78. The van der Waals surface area contributed by atoms with Crippen LogP contribution in [-0.2, 0) is 17.3 Å². The Bertz CT molecular complexity index is 1270. The van der Waals surface area contributed by atoms with Gasteiger partial charge in [-0.3, -0.25) is 0 Å². The van der Waals surface area contributed by atoms with Gasteiger partial charge in [-0.25, -0.2) is 0 Å². The number of phenolic OH excluding ortho intramolecular Hbond substituents is 1. The SMILES string of the molecule is C=C(CCc1cc(C(C)(C)C)c(O)c(C(C)(C)C)c1)N(CC(C)CCC(C)(C)C)c1ccc(Nc2ccccc2)cc1. The van der Waals surface area contributed by atoms with Gasteiger partial charge in [0.05, 0.1) is 0 Å². The largest absolute Gasteiger partial charge is 0.507 e. The van der Waals surface area contributed by atoms with Gasteiger partial charge in [0.25, 0.3) is 0 Å². The molecule has 0 aromatic heterocycles. The summed E-state index contributed by atoms with van der Waals surface area (Å²) < 4.78 is 0. The van der Waals surface area contributed by atoms with E-state index in [4.69, 9.17) is 0 Å². The van der Waals surface area contributed by atoms with Crippen LogP contribution < -0.4 is 10.2 Å². The van der Waals surface area contributed by atoms with Crippen molar-refractivity contribution in [1.29, 1.82) is 0 Å². The van der Waals surface area contributed by atoms with Crippen molar-refractivity contribution in [3.8, 4) is 5.75 Å². The molecule has 0 saturated carbocycles. The van der Waals surface area contributed by atoms with E-state index in [-0.39, 0.29) is 10.8 Å². The number of phenols is 1. The Morgan fingerprint density at radius 3 is 1.83 bits per heavy atom. The molecule has 42 heavy (non-hydrogen) atoms. The maximum atomic E-state index is 11.2. The number of hydrogen-bond donors (Lipinski definition) is 2. The number of para-hydroxylation sites is 1. The summed E-state index contributed by atoms with van der Waals surface area (Å²) in [4.78, 5) is 2.43. The topological polar surface area (TPSA) is 35.5 Å². The molecule has 1 unspecified atom stereocenters. The number of nitrogens with one attached hydrogen (secondary N) is 1. The third kappa shape index (κ3) is 9.68. The zero-order valence-electron chi connectivity index (χ0n) is 28.1. The van der Waals surface area contributed by atoms with Gasteiger partial charge in [0, 0.05) is 29.3 Å². The molecule has 0 heterocycles. The van der Waals surface area contributed by atoms with Gasteiger partial charge < -0.3 is 15.3 Å². The van der Waals surface area contributed by atoms with E-state index in [0.29, 0.717) is 17.1 Å². The van der Waals surface area contributed by atoms with Gasteiger partial charge >= 0.3 is 0 Å². The predicted octanol–water partition coefficient (Wildman–Crippen LogP) is 11.1. The zero-order valence-corrected chi connectivity index (χ0v) is 28.1. The molecule has 0 aliphatic carbocycles. The summed E-state index contributed by atoms with van der Waals surface area (Å²) in [6.45, 7) is 27.9. The van der Waals surface area contributed by atoms with Crippen LogP contribution in [0.4, 0.5) is 17.1 Å². The van der Waals surface area contributed by atoms with Crippen molar-refractivity contribution >= 4 is 17.1 Å². The summed E-state index contributed by atoms with van der Waals surface area (Å²) in [7, 11) is 0. The van der Waals surface area contributed by atoms with Gasteiger partial charge in [-0.05, 0) is 101 Å². The van der Waals surface area contributed by atoms with Crippen molar-refractivity contribution in [3.63, 3.8) is 0 Å². The summed E-state index contributed by atoms with van der Waals surface area (Å²) in [6.07, 6.45) is 4.12. The second kappa shape index (κ2) is 13.4. The maximum Gasteiger partial charge on any atom is 0.123 e. The number of benzene rings is 3. The van der Waals surface area contributed by atoms with Crippen LogP contribution in [0.3, 0.4) is 0 Å². The molecule has 0 spiro atoms. The second-order valence-electron chi connectivity index (χ2n) is 15.5. The van der Waals surface area contributed by atoms with Crippen LogP contribution in [0, 0.1) is 11.3 Å². The molecule has 3 nitrogen and oxygen atoms in total. The first kappa shape index (κ1) is 33.3. The van der Waals surface area contributed by atoms with Gasteiger partial charge in [-0.1, -0.05) is 106 Å². The normalized spacial score (nSPS) is 13.1. The Labute approximate surface area is 257 Å². The molecule has 0 radical (unpaired) electrons. The molecule has 2 N–H and O–H groups in total. The number of allylic oxidation sites excluding steroid dienone is 1. The van der Waals surface area contributed by atoms with Crippen molar-refractivity contribution in [2.24, 2.45) is 11.3 Å². The molecule has 3 heteroatoms. The molecular formula is C39H56N2O. The molecule has 228 valence electrons. The highest BCUT2D eigenvalue weighted by Gasteiger charge is 2.27. The molecule has 3 aromatic carbocycles. The van der Waals surface area contributed by atoms with Crippen LogP contribution >= 0.6 is 0 Å². The second-order valence-corrected chi connectivity index (χ2v) is 15.5. The Morgan fingerprint density at radius 2 is 1.33 bits per heavy atom. The van der Waals surface area contributed by atoms with E-state index in [1.807, 2.05) is 18.2 Å². The molecule has 3 rings (SSSR count). The van der Waals surface area contributed by atoms with Crippen molar-refractivity contribution in [3.05, 3.63) is 95.7 Å².